The van der Waals surface area contributed by atoms with Gasteiger partial charge in [-0.25, -0.2) is 0 Å². The zero-order chi connectivity index (χ0) is 19.8. The maximum atomic E-state index is 10.0. The molecular formula is C21H20ClN5. The fraction of sp³-hybridized carbons (Fsp3) is 0.429. The Labute approximate surface area is 164 Å². The fourth-order valence-corrected chi connectivity index (χ4v) is 4.58. The highest BCUT2D eigenvalue weighted by atomic mass is 35.5. The summed E-state index contributed by atoms with van der Waals surface area (Å²) in [5, 5.41) is 38.8. The third-order valence-electron chi connectivity index (χ3n) is 5.79. The van der Waals surface area contributed by atoms with E-state index >= 15 is 0 Å². The monoisotopic (exact) mass is 377 g/mol. The molecule has 0 amide bonds. The quantitative estimate of drug-likeness (QED) is 0.790. The van der Waals surface area contributed by atoms with E-state index in [0.29, 0.717) is 23.7 Å². The summed E-state index contributed by atoms with van der Waals surface area (Å²) in [4.78, 5) is 2.25. The van der Waals surface area contributed by atoms with Crippen molar-refractivity contribution >= 4 is 17.3 Å². The van der Waals surface area contributed by atoms with Crippen LogP contribution in [0, 0.1) is 56.7 Å². The van der Waals surface area contributed by atoms with Crippen molar-refractivity contribution in [1.29, 1.82) is 21.2 Å². The number of nitriles is 3. The molecule has 27 heavy (non-hydrogen) atoms. The maximum absolute atomic E-state index is 10.0. The van der Waals surface area contributed by atoms with Crippen LogP contribution >= 0.6 is 11.6 Å². The molecule has 1 aromatic rings. The molecule has 136 valence electrons. The predicted molar refractivity (Wildman–Crippen MR) is 103 cm³/mol. The normalized spacial score (nSPS) is 27.1. The standard InChI is InChI=1S/C21H20ClN5/c1-13(2)27-8-7-14-16(9-23)20(26)21(11-24,12-25)19(17(14)10-27)15-5-3-4-6-18(15)22/h3-7,13,16-17,19,26H,8,10H2,1-2H3/t16?,17-,19-/m0/s1. The molecular weight excluding hydrogens is 358 g/mol. The van der Waals surface area contributed by atoms with Gasteiger partial charge in [0.25, 0.3) is 0 Å². The van der Waals surface area contributed by atoms with Crippen molar-refractivity contribution in [3.63, 3.8) is 0 Å². The van der Waals surface area contributed by atoms with Crippen LogP contribution in [0.1, 0.15) is 25.3 Å². The second kappa shape index (κ2) is 7.16. The van der Waals surface area contributed by atoms with Crippen LogP contribution in [-0.2, 0) is 0 Å². The SMILES string of the molecule is CC(C)N1CC=C2C(C#N)C(=N)C(C#N)(C#N)[C@@H](c3ccccc3Cl)[C@H]2C1. The number of nitrogens with zero attached hydrogens (tertiary/aromatic N) is 4. The van der Waals surface area contributed by atoms with Crippen LogP contribution in [0.2, 0.25) is 5.02 Å². The summed E-state index contributed by atoms with van der Waals surface area (Å²) in [7, 11) is 0. The molecule has 1 fully saturated rings. The molecule has 0 aromatic heterocycles. The van der Waals surface area contributed by atoms with E-state index in [0.717, 1.165) is 5.57 Å². The molecule has 5 nitrogen and oxygen atoms in total. The van der Waals surface area contributed by atoms with E-state index in [2.05, 4.69) is 37.0 Å². The van der Waals surface area contributed by atoms with Crippen molar-refractivity contribution in [1.82, 2.24) is 4.90 Å². The molecule has 1 unspecified atom stereocenters. The van der Waals surface area contributed by atoms with Crippen LogP contribution in [0.5, 0.6) is 0 Å². The summed E-state index contributed by atoms with van der Waals surface area (Å²) in [6.07, 6.45) is 2.00. The molecule has 1 aliphatic carbocycles. The zero-order valence-electron chi connectivity index (χ0n) is 15.3. The molecule has 3 atom stereocenters. The molecule has 0 bridgehead atoms. The molecule has 1 aromatic carbocycles. The van der Waals surface area contributed by atoms with Crippen molar-refractivity contribution < 1.29 is 0 Å². The highest BCUT2D eigenvalue weighted by Crippen LogP contribution is 2.54. The van der Waals surface area contributed by atoms with Crippen LogP contribution in [0.3, 0.4) is 0 Å². The maximum Gasteiger partial charge on any atom is 0.189 e. The summed E-state index contributed by atoms with van der Waals surface area (Å²) in [6.45, 7) is 5.50. The van der Waals surface area contributed by atoms with E-state index in [1.165, 1.54) is 0 Å². The summed E-state index contributed by atoms with van der Waals surface area (Å²) in [5.74, 6) is -1.66. The van der Waals surface area contributed by atoms with E-state index in [-0.39, 0.29) is 17.7 Å². The third kappa shape index (κ3) is 2.83. The lowest BCUT2D eigenvalue weighted by molar-refractivity contribution is 0.171. The molecule has 2 aliphatic rings. The minimum Gasteiger partial charge on any atom is -0.305 e. The van der Waals surface area contributed by atoms with E-state index in [1.807, 2.05) is 18.2 Å². The van der Waals surface area contributed by atoms with E-state index in [9.17, 15) is 15.8 Å². The third-order valence-corrected chi connectivity index (χ3v) is 6.13. The highest BCUT2D eigenvalue weighted by Gasteiger charge is 2.58. The van der Waals surface area contributed by atoms with Gasteiger partial charge < -0.3 is 5.41 Å². The zero-order valence-corrected chi connectivity index (χ0v) is 16.0. The molecule has 3 rings (SSSR count). The van der Waals surface area contributed by atoms with Gasteiger partial charge in [0, 0.05) is 36.0 Å². The lowest BCUT2D eigenvalue weighted by Crippen LogP contribution is -2.53. The van der Waals surface area contributed by atoms with E-state index < -0.39 is 17.3 Å². The Morgan fingerprint density at radius 3 is 2.44 bits per heavy atom. The highest BCUT2D eigenvalue weighted by molar-refractivity contribution is 6.31. The summed E-state index contributed by atoms with van der Waals surface area (Å²) in [5.41, 5.74) is -0.330. The molecule has 1 N–H and O–H groups in total. The first kappa shape index (κ1) is 19.1. The first-order valence-corrected chi connectivity index (χ1v) is 9.28. The van der Waals surface area contributed by atoms with Gasteiger partial charge in [-0.3, -0.25) is 4.90 Å². The van der Waals surface area contributed by atoms with E-state index in [4.69, 9.17) is 17.0 Å². The second-order valence-corrected chi connectivity index (χ2v) is 7.77. The van der Waals surface area contributed by atoms with Crippen molar-refractivity contribution in [2.45, 2.75) is 25.8 Å². The van der Waals surface area contributed by atoms with Crippen molar-refractivity contribution in [2.75, 3.05) is 13.1 Å². The minimum absolute atomic E-state index is 0.139. The molecule has 1 heterocycles. The number of benzene rings is 1. The molecule has 6 heteroatoms. The summed E-state index contributed by atoms with van der Waals surface area (Å²) >= 11 is 6.46. The number of nitrogens with one attached hydrogen (secondary N) is 1. The Hall–Kier alpha value is -2.65. The molecule has 1 aliphatic heterocycles. The van der Waals surface area contributed by atoms with Crippen LogP contribution in [0.15, 0.2) is 35.9 Å². The van der Waals surface area contributed by atoms with Crippen molar-refractivity contribution in [3.05, 3.63) is 46.5 Å². The minimum atomic E-state index is -1.71. The van der Waals surface area contributed by atoms with Gasteiger partial charge in [-0.1, -0.05) is 35.9 Å². The Morgan fingerprint density at radius 2 is 1.89 bits per heavy atom. The molecule has 0 radical (unpaired) electrons. The number of hydrogen-bond donors (Lipinski definition) is 1. The Balaban J connectivity index is 2.27. The van der Waals surface area contributed by atoms with Gasteiger partial charge in [0.15, 0.2) is 5.41 Å². The second-order valence-electron chi connectivity index (χ2n) is 7.36. The fourth-order valence-electron chi connectivity index (χ4n) is 4.32. The van der Waals surface area contributed by atoms with Crippen LogP contribution < -0.4 is 0 Å². The van der Waals surface area contributed by atoms with E-state index in [1.54, 1.807) is 12.1 Å². The average Bonchev–Trinajstić information content (AvgIpc) is 2.67. The van der Waals surface area contributed by atoms with Crippen molar-refractivity contribution in [3.8, 4) is 18.2 Å². The first-order valence-electron chi connectivity index (χ1n) is 8.90. The van der Waals surface area contributed by atoms with Gasteiger partial charge in [-0.05, 0) is 31.1 Å². The summed E-state index contributed by atoms with van der Waals surface area (Å²) in [6, 6.07) is 13.8. The van der Waals surface area contributed by atoms with Gasteiger partial charge >= 0.3 is 0 Å². The lowest BCUT2D eigenvalue weighted by atomic mass is 9.54. The topological polar surface area (TPSA) is 98.5 Å². The van der Waals surface area contributed by atoms with Crippen LogP contribution in [0.25, 0.3) is 0 Å². The van der Waals surface area contributed by atoms with Gasteiger partial charge in [0.2, 0.25) is 0 Å². The average molecular weight is 378 g/mol. The van der Waals surface area contributed by atoms with Gasteiger partial charge in [-0.15, -0.1) is 0 Å². The molecule has 0 spiro atoms. The first-order chi connectivity index (χ1) is 12.9. The smallest absolute Gasteiger partial charge is 0.189 e. The number of halogens is 1. The largest absolute Gasteiger partial charge is 0.305 e. The summed E-state index contributed by atoms with van der Waals surface area (Å²) < 4.78 is 0. The van der Waals surface area contributed by atoms with Crippen LogP contribution in [0.4, 0.5) is 0 Å². The lowest BCUT2D eigenvalue weighted by Gasteiger charge is -2.48. The number of fused-ring (bicyclic) bond motifs is 1. The molecule has 1 saturated carbocycles. The number of hydrogen-bond acceptors (Lipinski definition) is 5. The Bertz CT molecular complexity index is 913. The Morgan fingerprint density at radius 1 is 1.22 bits per heavy atom. The van der Waals surface area contributed by atoms with Gasteiger partial charge in [0.05, 0.1) is 23.9 Å². The van der Waals surface area contributed by atoms with Gasteiger partial charge in [-0.2, -0.15) is 15.8 Å². The predicted octanol–water partition coefficient (Wildman–Crippen LogP) is 3.90. The van der Waals surface area contributed by atoms with Crippen molar-refractivity contribution in [2.24, 2.45) is 17.3 Å². The van der Waals surface area contributed by atoms with Gasteiger partial charge in [0.1, 0.15) is 5.92 Å². The number of rotatable bonds is 2. The Kier molecular flexibility index (Phi) is 5.07. The van der Waals surface area contributed by atoms with Crippen LogP contribution in [-0.4, -0.2) is 29.7 Å². The molecule has 0 saturated heterocycles.